The SMILES string of the molecule is CCCN(CCC)c1nc(N)c2nc(N)nc(N)c2n1. The average molecular weight is 276 g/mol. The largest absolute Gasteiger partial charge is 0.382 e. The molecular formula is C12H20N8. The first-order valence-electron chi connectivity index (χ1n) is 6.68. The molecule has 0 aromatic carbocycles. The second kappa shape index (κ2) is 5.72. The first-order valence-corrected chi connectivity index (χ1v) is 6.68. The summed E-state index contributed by atoms with van der Waals surface area (Å²) in [6.45, 7) is 5.92. The van der Waals surface area contributed by atoms with E-state index in [1.54, 1.807) is 0 Å². The van der Waals surface area contributed by atoms with Crippen LogP contribution in [0.1, 0.15) is 26.7 Å². The topological polar surface area (TPSA) is 133 Å². The van der Waals surface area contributed by atoms with Crippen LogP contribution in [0.25, 0.3) is 11.0 Å². The minimum Gasteiger partial charge on any atom is -0.382 e. The number of fused-ring (bicyclic) bond motifs is 1. The standard InChI is InChI=1S/C12H20N8/c1-3-5-20(6-4-2)12-17-8-7(10(14)19-12)16-11(15)18-9(8)13/h3-6H2,1-2H3,(H2,14,17,19)(H4,13,15,16,18). The highest BCUT2D eigenvalue weighted by atomic mass is 15.3. The lowest BCUT2D eigenvalue weighted by atomic mass is 10.3. The Bertz CT molecular complexity index is 606. The summed E-state index contributed by atoms with van der Waals surface area (Å²) < 4.78 is 0. The minimum atomic E-state index is 0.0667. The van der Waals surface area contributed by atoms with Crippen LogP contribution in [0.4, 0.5) is 23.5 Å². The number of anilines is 4. The van der Waals surface area contributed by atoms with Gasteiger partial charge in [-0.3, -0.25) is 0 Å². The normalized spacial score (nSPS) is 10.9. The Balaban J connectivity index is 2.56. The molecule has 0 amide bonds. The molecule has 6 N–H and O–H groups in total. The average Bonchev–Trinajstić information content (AvgIpc) is 2.39. The van der Waals surface area contributed by atoms with Crippen LogP contribution in [0, 0.1) is 0 Å². The minimum absolute atomic E-state index is 0.0667. The Morgan fingerprint density at radius 1 is 0.800 bits per heavy atom. The van der Waals surface area contributed by atoms with Crippen LogP contribution in [0.2, 0.25) is 0 Å². The van der Waals surface area contributed by atoms with E-state index in [4.69, 9.17) is 17.2 Å². The van der Waals surface area contributed by atoms with E-state index in [9.17, 15) is 0 Å². The molecule has 2 heterocycles. The summed E-state index contributed by atoms with van der Waals surface area (Å²) in [6, 6.07) is 0. The fraction of sp³-hybridized carbons (Fsp3) is 0.500. The summed E-state index contributed by atoms with van der Waals surface area (Å²) in [7, 11) is 0. The van der Waals surface area contributed by atoms with Crippen molar-refractivity contribution in [3.05, 3.63) is 0 Å². The summed E-state index contributed by atoms with van der Waals surface area (Å²) in [5.74, 6) is 1.11. The number of rotatable bonds is 5. The van der Waals surface area contributed by atoms with Crippen molar-refractivity contribution in [3.8, 4) is 0 Å². The van der Waals surface area contributed by atoms with Gasteiger partial charge in [-0.15, -0.1) is 0 Å². The zero-order valence-electron chi connectivity index (χ0n) is 11.8. The molecule has 8 heteroatoms. The van der Waals surface area contributed by atoms with Crippen molar-refractivity contribution >= 4 is 34.6 Å². The Morgan fingerprint density at radius 3 is 1.95 bits per heavy atom. The quantitative estimate of drug-likeness (QED) is 0.730. The van der Waals surface area contributed by atoms with Crippen LogP contribution >= 0.6 is 0 Å². The molecule has 0 aliphatic rings. The summed E-state index contributed by atoms with van der Waals surface area (Å²) >= 11 is 0. The maximum absolute atomic E-state index is 5.95. The molecule has 0 unspecified atom stereocenters. The molecule has 2 aromatic heterocycles. The Kier molecular flexibility index (Phi) is 4.02. The van der Waals surface area contributed by atoms with E-state index in [0.29, 0.717) is 17.0 Å². The molecule has 108 valence electrons. The third kappa shape index (κ3) is 2.63. The molecule has 20 heavy (non-hydrogen) atoms. The molecule has 2 rings (SSSR count). The maximum Gasteiger partial charge on any atom is 0.228 e. The predicted octanol–water partition coefficient (Wildman–Crippen LogP) is 0.793. The number of nitrogen functional groups attached to an aromatic ring is 3. The first-order chi connectivity index (χ1) is 9.56. The van der Waals surface area contributed by atoms with Crippen LogP contribution < -0.4 is 22.1 Å². The van der Waals surface area contributed by atoms with Gasteiger partial charge in [0, 0.05) is 13.1 Å². The van der Waals surface area contributed by atoms with Crippen molar-refractivity contribution in [1.29, 1.82) is 0 Å². The first kappa shape index (κ1) is 14.0. The number of hydrogen-bond acceptors (Lipinski definition) is 8. The molecule has 0 fully saturated rings. The molecule has 0 radical (unpaired) electrons. The van der Waals surface area contributed by atoms with Gasteiger partial charge in [-0.05, 0) is 12.8 Å². The Morgan fingerprint density at radius 2 is 1.35 bits per heavy atom. The molecule has 0 bridgehead atoms. The lowest BCUT2D eigenvalue weighted by molar-refractivity contribution is 0.724. The van der Waals surface area contributed by atoms with Gasteiger partial charge in [0.25, 0.3) is 0 Å². The van der Waals surface area contributed by atoms with Gasteiger partial charge in [0.15, 0.2) is 11.6 Å². The highest BCUT2D eigenvalue weighted by molar-refractivity contribution is 5.92. The van der Waals surface area contributed by atoms with Gasteiger partial charge >= 0.3 is 0 Å². The molecule has 0 saturated carbocycles. The van der Waals surface area contributed by atoms with Gasteiger partial charge in [-0.1, -0.05) is 13.8 Å². The summed E-state index contributed by atoms with van der Waals surface area (Å²) in [5.41, 5.74) is 18.2. The van der Waals surface area contributed by atoms with Crippen molar-refractivity contribution in [3.63, 3.8) is 0 Å². The van der Waals surface area contributed by atoms with Crippen molar-refractivity contribution in [2.75, 3.05) is 35.2 Å². The molecule has 0 saturated heterocycles. The fourth-order valence-corrected chi connectivity index (χ4v) is 2.06. The summed E-state index contributed by atoms with van der Waals surface area (Å²) in [4.78, 5) is 18.8. The maximum atomic E-state index is 5.95. The van der Waals surface area contributed by atoms with Gasteiger partial charge in [-0.2, -0.15) is 9.97 Å². The van der Waals surface area contributed by atoms with Gasteiger partial charge in [0.2, 0.25) is 11.9 Å². The molecule has 0 atom stereocenters. The van der Waals surface area contributed by atoms with Gasteiger partial charge < -0.3 is 22.1 Å². The predicted molar refractivity (Wildman–Crippen MR) is 81.2 cm³/mol. The van der Waals surface area contributed by atoms with Crippen LogP contribution in [-0.2, 0) is 0 Å². The van der Waals surface area contributed by atoms with Gasteiger partial charge in [0.05, 0.1) is 0 Å². The van der Waals surface area contributed by atoms with E-state index in [0.717, 1.165) is 25.9 Å². The Hall–Kier alpha value is -2.38. The third-order valence-electron chi connectivity index (χ3n) is 2.87. The lowest BCUT2D eigenvalue weighted by Crippen LogP contribution is -2.27. The second-order valence-corrected chi connectivity index (χ2v) is 4.56. The fourth-order valence-electron chi connectivity index (χ4n) is 2.06. The molecule has 0 aliphatic heterocycles. The highest BCUT2D eigenvalue weighted by Crippen LogP contribution is 2.23. The van der Waals surface area contributed by atoms with Gasteiger partial charge in [0.1, 0.15) is 11.0 Å². The van der Waals surface area contributed by atoms with Crippen molar-refractivity contribution in [2.24, 2.45) is 0 Å². The van der Waals surface area contributed by atoms with Crippen molar-refractivity contribution in [2.45, 2.75) is 26.7 Å². The Labute approximate surface area is 117 Å². The highest BCUT2D eigenvalue weighted by Gasteiger charge is 2.15. The van der Waals surface area contributed by atoms with Crippen LogP contribution in [0.15, 0.2) is 0 Å². The molecule has 2 aromatic rings. The molecule has 8 nitrogen and oxygen atoms in total. The van der Waals surface area contributed by atoms with E-state index in [1.165, 1.54) is 0 Å². The molecule has 0 aliphatic carbocycles. The number of aromatic nitrogens is 4. The zero-order valence-corrected chi connectivity index (χ0v) is 11.8. The van der Waals surface area contributed by atoms with Crippen molar-refractivity contribution < 1.29 is 0 Å². The second-order valence-electron chi connectivity index (χ2n) is 4.56. The number of hydrogen-bond donors (Lipinski definition) is 3. The monoisotopic (exact) mass is 276 g/mol. The van der Waals surface area contributed by atoms with Crippen LogP contribution in [0.3, 0.4) is 0 Å². The third-order valence-corrected chi connectivity index (χ3v) is 2.87. The van der Waals surface area contributed by atoms with Crippen molar-refractivity contribution in [1.82, 2.24) is 19.9 Å². The summed E-state index contributed by atoms with van der Waals surface area (Å²) in [5, 5.41) is 0. The van der Waals surface area contributed by atoms with E-state index in [-0.39, 0.29) is 17.6 Å². The lowest BCUT2D eigenvalue weighted by Gasteiger charge is -2.21. The van der Waals surface area contributed by atoms with Gasteiger partial charge in [-0.25, -0.2) is 9.97 Å². The van der Waals surface area contributed by atoms with Crippen LogP contribution in [-0.4, -0.2) is 33.0 Å². The molecular weight excluding hydrogens is 256 g/mol. The van der Waals surface area contributed by atoms with E-state index in [1.807, 2.05) is 0 Å². The number of nitrogens with zero attached hydrogens (tertiary/aromatic N) is 5. The van der Waals surface area contributed by atoms with E-state index in [2.05, 4.69) is 38.7 Å². The smallest absolute Gasteiger partial charge is 0.228 e. The van der Waals surface area contributed by atoms with E-state index < -0.39 is 0 Å². The van der Waals surface area contributed by atoms with E-state index >= 15 is 0 Å². The number of nitrogens with two attached hydrogens (primary N) is 3. The van der Waals surface area contributed by atoms with Crippen LogP contribution in [0.5, 0.6) is 0 Å². The molecule has 0 spiro atoms. The zero-order chi connectivity index (χ0) is 14.7. The summed E-state index contributed by atoms with van der Waals surface area (Å²) in [6.07, 6.45) is 1.99.